The van der Waals surface area contributed by atoms with E-state index in [4.69, 9.17) is 9.72 Å². The summed E-state index contributed by atoms with van der Waals surface area (Å²) in [6.45, 7) is 5.95. The first-order valence-electron chi connectivity index (χ1n) is 8.96. The fourth-order valence-electron chi connectivity index (χ4n) is 3.64. The minimum atomic E-state index is -0.0374. The van der Waals surface area contributed by atoms with E-state index in [-0.39, 0.29) is 31.0 Å². The molecular weight excluding hydrogens is 354 g/mol. The molecule has 8 heteroatoms. The largest absolute Gasteiger partial charge is 0.375 e. The molecule has 2 heterocycles. The third kappa shape index (κ3) is 4.38. The van der Waals surface area contributed by atoms with Crippen molar-refractivity contribution >= 4 is 30.1 Å². The number of nitrogens with zero attached hydrogens (tertiary/aromatic N) is 4. The molecule has 146 valence electrons. The standard InChI is InChI=1S/C18H29N5O2.ClH/c1-11-12(2)19-18(22(3)4)21-17(11)23-8-14(13-6-7-13)15(9-23)20-16(24)10-25-5;/h13-15H,6-10H2,1-5H3,(H,20,24);1H/t14-,15+;/m1./s1. The molecule has 1 N–H and O–H groups in total. The molecule has 1 amide bonds. The van der Waals surface area contributed by atoms with Gasteiger partial charge in [0.25, 0.3) is 0 Å². The fraction of sp³-hybridized carbons (Fsp3) is 0.722. The Morgan fingerprint density at radius 1 is 1.27 bits per heavy atom. The number of carbonyl (C=O) groups excluding carboxylic acids is 1. The highest BCUT2D eigenvalue weighted by molar-refractivity contribution is 5.85. The second-order valence-corrected chi connectivity index (χ2v) is 7.47. The summed E-state index contributed by atoms with van der Waals surface area (Å²) in [6, 6.07) is 0.160. The highest BCUT2D eigenvalue weighted by Gasteiger charge is 2.43. The lowest BCUT2D eigenvalue weighted by molar-refractivity contribution is -0.125. The number of ether oxygens (including phenoxy) is 1. The Balaban J connectivity index is 0.00000243. The zero-order valence-corrected chi connectivity index (χ0v) is 17.1. The second kappa shape index (κ2) is 8.39. The Labute approximate surface area is 161 Å². The molecule has 2 fully saturated rings. The van der Waals surface area contributed by atoms with Gasteiger partial charge in [-0.1, -0.05) is 0 Å². The molecule has 0 aromatic carbocycles. The summed E-state index contributed by atoms with van der Waals surface area (Å²) in [7, 11) is 5.46. The van der Waals surface area contributed by atoms with Gasteiger partial charge < -0.3 is 19.9 Å². The minimum absolute atomic E-state index is 0. The number of nitrogens with one attached hydrogen (secondary N) is 1. The zero-order valence-electron chi connectivity index (χ0n) is 16.3. The third-order valence-electron chi connectivity index (χ3n) is 5.27. The van der Waals surface area contributed by atoms with Gasteiger partial charge in [0.1, 0.15) is 12.4 Å². The van der Waals surface area contributed by atoms with E-state index in [1.807, 2.05) is 25.9 Å². The maximum absolute atomic E-state index is 12.0. The normalized spacial score (nSPS) is 22.1. The van der Waals surface area contributed by atoms with Gasteiger partial charge in [-0.3, -0.25) is 4.79 Å². The van der Waals surface area contributed by atoms with E-state index in [1.165, 1.54) is 12.8 Å². The molecule has 0 unspecified atom stereocenters. The maximum atomic E-state index is 12.0. The molecule has 2 atom stereocenters. The van der Waals surface area contributed by atoms with Crippen LogP contribution in [0, 0.1) is 25.7 Å². The quantitative estimate of drug-likeness (QED) is 0.803. The van der Waals surface area contributed by atoms with Gasteiger partial charge in [0.05, 0.1) is 6.04 Å². The van der Waals surface area contributed by atoms with Crippen LogP contribution in [0.5, 0.6) is 0 Å². The Hall–Kier alpha value is -1.60. The van der Waals surface area contributed by atoms with E-state index in [0.717, 1.165) is 42.0 Å². The van der Waals surface area contributed by atoms with Crippen LogP contribution in [0.2, 0.25) is 0 Å². The predicted octanol–water partition coefficient (Wildman–Crippen LogP) is 1.56. The van der Waals surface area contributed by atoms with Crippen LogP contribution in [0.25, 0.3) is 0 Å². The number of amides is 1. The van der Waals surface area contributed by atoms with E-state index < -0.39 is 0 Å². The van der Waals surface area contributed by atoms with Crippen LogP contribution < -0.4 is 15.1 Å². The Bertz CT molecular complexity index is 651. The van der Waals surface area contributed by atoms with Gasteiger partial charge in [-0.2, -0.15) is 4.98 Å². The van der Waals surface area contributed by atoms with Gasteiger partial charge in [0.15, 0.2) is 0 Å². The molecule has 0 bridgehead atoms. The predicted molar refractivity (Wildman–Crippen MR) is 105 cm³/mol. The molecule has 1 aliphatic carbocycles. The fourth-order valence-corrected chi connectivity index (χ4v) is 3.64. The van der Waals surface area contributed by atoms with Crippen molar-refractivity contribution in [3.63, 3.8) is 0 Å². The molecule has 0 spiro atoms. The van der Waals surface area contributed by atoms with Crippen molar-refractivity contribution in [3.8, 4) is 0 Å². The van der Waals surface area contributed by atoms with E-state index in [1.54, 1.807) is 7.11 Å². The van der Waals surface area contributed by atoms with Crippen molar-refractivity contribution in [2.24, 2.45) is 11.8 Å². The topological polar surface area (TPSA) is 70.6 Å². The van der Waals surface area contributed by atoms with Gasteiger partial charge in [-0.05, 0) is 32.6 Å². The number of aryl methyl sites for hydroxylation is 1. The van der Waals surface area contributed by atoms with Crippen LogP contribution in [-0.2, 0) is 9.53 Å². The first-order chi connectivity index (χ1) is 11.9. The van der Waals surface area contributed by atoms with Gasteiger partial charge in [-0.15, -0.1) is 12.4 Å². The average Bonchev–Trinajstić information content (AvgIpc) is 3.31. The van der Waals surface area contributed by atoms with Gasteiger partial charge in [0.2, 0.25) is 11.9 Å². The molecule has 3 rings (SSSR count). The highest BCUT2D eigenvalue weighted by atomic mass is 35.5. The monoisotopic (exact) mass is 383 g/mol. The van der Waals surface area contributed by atoms with Gasteiger partial charge >= 0.3 is 0 Å². The highest BCUT2D eigenvalue weighted by Crippen LogP contribution is 2.42. The number of aromatic nitrogens is 2. The molecular formula is C18H30ClN5O2. The zero-order chi connectivity index (χ0) is 18.1. The van der Waals surface area contributed by atoms with Crippen molar-refractivity contribution in [3.05, 3.63) is 11.3 Å². The van der Waals surface area contributed by atoms with Crippen molar-refractivity contribution in [1.82, 2.24) is 15.3 Å². The van der Waals surface area contributed by atoms with Crippen molar-refractivity contribution in [2.75, 3.05) is 50.7 Å². The molecule has 1 saturated carbocycles. The van der Waals surface area contributed by atoms with Gasteiger partial charge in [-0.25, -0.2) is 4.98 Å². The van der Waals surface area contributed by atoms with Crippen LogP contribution in [0.1, 0.15) is 24.1 Å². The molecule has 2 aliphatic rings. The lowest BCUT2D eigenvalue weighted by Crippen LogP contribution is -2.42. The van der Waals surface area contributed by atoms with Crippen LogP contribution >= 0.6 is 12.4 Å². The van der Waals surface area contributed by atoms with E-state index in [9.17, 15) is 4.79 Å². The molecule has 7 nitrogen and oxygen atoms in total. The summed E-state index contributed by atoms with van der Waals surface area (Å²) in [5.74, 6) is 2.88. The first-order valence-corrected chi connectivity index (χ1v) is 8.96. The molecule has 26 heavy (non-hydrogen) atoms. The number of hydrogen-bond donors (Lipinski definition) is 1. The number of anilines is 2. The summed E-state index contributed by atoms with van der Waals surface area (Å²) in [4.78, 5) is 25.6. The van der Waals surface area contributed by atoms with Crippen LogP contribution in [0.3, 0.4) is 0 Å². The summed E-state index contributed by atoms with van der Waals surface area (Å²) in [6.07, 6.45) is 2.53. The van der Waals surface area contributed by atoms with Crippen LogP contribution in [0.15, 0.2) is 0 Å². The summed E-state index contributed by atoms with van der Waals surface area (Å²) in [5, 5.41) is 3.16. The molecule has 1 saturated heterocycles. The van der Waals surface area contributed by atoms with Crippen molar-refractivity contribution in [1.29, 1.82) is 0 Å². The Morgan fingerprint density at radius 3 is 2.54 bits per heavy atom. The smallest absolute Gasteiger partial charge is 0.246 e. The Morgan fingerprint density at radius 2 is 1.96 bits per heavy atom. The second-order valence-electron chi connectivity index (χ2n) is 7.47. The maximum Gasteiger partial charge on any atom is 0.246 e. The molecule has 1 aromatic heterocycles. The number of halogens is 1. The van der Waals surface area contributed by atoms with Gasteiger partial charge in [0, 0.05) is 51.5 Å². The average molecular weight is 384 g/mol. The van der Waals surface area contributed by atoms with Crippen LogP contribution in [-0.4, -0.2) is 62.8 Å². The number of methoxy groups -OCH3 is 1. The first kappa shape index (κ1) is 20.7. The lowest BCUT2D eigenvalue weighted by Gasteiger charge is -2.23. The van der Waals surface area contributed by atoms with Crippen molar-refractivity contribution in [2.45, 2.75) is 32.7 Å². The summed E-state index contributed by atoms with van der Waals surface area (Å²) in [5.41, 5.74) is 2.12. The van der Waals surface area contributed by atoms with Crippen molar-refractivity contribution < 1.29 is 9.53 Å². The SMILES string of the molecule is COCC(=O)N[C@H]1CN(c2nc(N(C)C)nc(C)c2C)C[C@@H]1C1CC1.Cl. The molecule has 0 radical (unpaired) electrons. The summed E-state index contributed by atoms with van der Waals surface area (Å²) < 4.78 is 4.96. The lowest BCUT2D eigenvalue weighted by atomic mass is 9.98. The van der Waals surface area contributed by atoms with E-state index >= 15 is 0 Å². The third-order valence-corrected chi connectivity index (χ3v) is 5.27. The number of carbonyl (C=O) groups is 1. The molecule has 1 aromatic rings. The number of rotatable bonds is 6. The minimum Gasteiger partial charge on any atom is -0.375 e. The van der Waals surface area contributed by atoms with Crippen LogP contribution in [0.4, 0.5) is 11.8 Å². The van der Waals surface area contributed by atoms with E-state index in [2.05, 4.69) is 22.1 Å². The molecule has 1 aliphatic heterocycles. The summed E-state index contributed by atoms with van der Waals surface area (Å²) >= 11 is 0. The Kier molecular flexibility index (Phi) is 6.69. The number of hydrogen-bond acceptors (Lipinski definition) is 6. The van der Waals surface area contributed by atoms with E-state index in [0.29, 0.717) is 5.92 Å².